The summed E-state index contributed by atoms with van der Waals surface area (Å²) in [5, 5.41) is -0.868. The predicted molar refractivity (Wildman–Crippen MR) is 81.5 cm³/mol. The lowest BCUT2D eigenvalue weighted by molar-refractivity contribution is 0.400. The van der Waals surface area contributed by atoms with E-state index in [0.29, 0.717) is 0 Å². The molecule has 0 heterocycles. The van der Waals surface area contributed by atoms with Crippen molar-refractivity contribution in [2.45, 2.75) is 51.9 Å². The lowest BCUT2D eigenvalue weighted by Crippen LogP contribution is -2.29. The molecule has 3 heteroatoms. The second-order valence-electron chi connectivity index (χ2n) is 6.58. The third kappa shape index (κ3) is 3.64. The molecule has 0 aliphatic heterocycles. The summed E-state index contributed by atoms with van der Waals surface area (Å²) in [4.78, 5) is 0. The smallest absolute Gasteiger partial charge is 0.268 e. The van der Waals surface area contributed by atoms with E-state index >= 15 is 0 Å². The normalized spacial score (nSPS) is 12.5. The van der Waals surface area contributed by atoms with Crippen LogP contribution in [0, 0.1) is 12.0 Å². The highest BCUT2D eigenvalue weighted by atomic mass is 31.2. The molecular weight excluding hydrogens is 255 g/mol. The van der Waals surface area contributed by atoms with E-state index in [0.717, 1.165) is 5.56 Å². The summed E-state index contributed by atoms with van der Waals surface area (Å²) >= 11 is 0. The zero-order valence-electron chi connectivity index (χ0n) is 12.7. The van der Waals surface area contributed by atoms with Crippen LogP contribution in [0.3, 0.4) is 0 Å². The molecule has 0 aliphatic rings. The van der Waals surface area contributed by atoms with E-state index in [9.17, 15) is 4.57 Å². The molecule has 0 saturated heterocycles. The zero-order chi connectivity index (χ0) is 14.7. The molecule has 0 aliphatic carbocycles. The standard InChI is InChI=1S/C16H23O2P/c1-15(2,3)19(17,16(4,5)6)18-13-12-14-10-8-7-9-11-14/h7-11H,1-6H3. The van der Waals surface area contributed by atoms with Crippen molar-refractivity contribution in [1.29, 1.82) is 0 Å². The second-order valence-corrected chi connectivity index (χ2v) is 10.5. The summed E-state index contributed by atoms with van der Waals surface area (Å²) in [6.07, 6.45) is 2.64. The molecule has 1 aromatic rings. The van der Waals surface area contributed by atoms with Gasteiger partial charge >= 0.3 is 0 Å². The van der Waals surface area contributed by atoms with E-state index in [1.165, 1.54) is 0 Å². The number of hydrogen-bond acceptors (Lipinski definition) is 2. The highest BCUT2D eigenvalue weighted by Gasteiger charge is 2.48. The maximum Gasteiger partial charge on any atom is 0.268 e. The molecule has 19 heavy (non-hydrogen) atoms. The molecule has 104 valence electrons. The van der Waals surface area contributed by atoms with Gasteiger partial charge in [0.25, 0.3) is 7.37 Å². The minimum atomic E-state index is -2.90. The van der Waals surface area contributed by atoms with Crippen molar-refractivity contribution in [1.82, 2.24) is 0 Å². The Morgan fingerprint density at radius 2 is 1.42 bits per heavy atom. The first-order valence-electron chi connectivity index (χ1n) is 6.43. The number of rotatable bonds is 1. The summed E-state index contributed by atoms with van der Waals surface area (Å²) in [7, 11) is -2.90. The van der Waals surface area contributed by atoms with Gasteiger partial charge in [0.2, 0.25) is 0 Å². The first-order valence-corrected chi connectivity index (χ1v) is 8.05. The molecular formula is C16H23O2P. The van der Waals surface area contributed by atoms with Gasteiger partial charge in [0.15, 0.2) is 0 Å². The second kappa shape index (κ2) is 5.43. The molecule has 0 atom stereocenters. The Balaban J connectivity index is 3.01. The SMILES string of the molecule is CC(C)(C)P(=O)(OC#Cc1ccccc1)C(C)(C)C. The van der Waals surface area contributed by atoms with Crippen molar-refractivity contribution in [2.75, 3.05) is 0 Å². The van der Waals surface area contributed by atoms with Crippen molar-refractivity contribution in [3.05, 3.63) is 35.9 Å². The predicted octanol–water partition coefficient (Wildman–Crippen LogP) is 4.89. The quantitative estimate of drug-likeness (QED) is 0.540. The fourth-order valence-electron chi connectivity index (χ4n) is 1.95. The van der Waals surface area contributed by atoms with Crippen LogP contribution in [-0.4, -0.2) is 10.3 Å². The molecule has 0 amide bonds. The van der Waals surface area contributed by atoms with Crippen LogP contribution >= 0.6 is 7.37 Å². The Morgan fingerprint density at radius 3 is 1.84 bits per heavy atom. The van der Waals surface area contributed by atoms with Gasteiger partial charge in [-0.05, 0) is 59.6 Å². The van der Waals surface area contributed by atoms with Crippen molar-refractivity contribution in [3.8, 4) is 12.0 Å². The van der Waals surface area contributed by atoms with Crippen LogP contribution < -0.4 is 0 Å². The van der Waals surface area contributed by atoms with Crippen LogP contribution in [0.4, 0.5) is 0 Å². The van der Waals surface area contributed by atoms with E-state index in [-0.39, 0.29) is 0 Å². The molecule has 1 aromatic carbocycles. The fraction of sp³-hybridized carbons (Fsp3) is 0.500. The minimum Gasteiger partial charge on any atom is -0.390 e. The van der Waals surface area contributed by atoms with Gasteiger partial charge in [0.05, 0.1) is 10.3 Å². The highest BCUT2D eigenvalue weighted by molar-refractivity contribution is 7.62. The third-order valence-electron chi connectivity index (χ3n) is 2.91. The topological polar surface area (TPSA) is 26.3 Å². The largest absolute Gasteiger partial charge is 0.390 e. The average Bonchev–Trinajstić information content (AvgIpc) is 2.27. The maximum absolute atomic E-state index is 13.1. The maximum atomic E-state index is 13.1. The van der Waals surface area contributed by atoms with Crippen molar-refractivity contribution in [3.63, 3.8) is 0 Å². The van der Waals surface area contributed by atoms with Gasteiger partial charge in [-0.25, -0.2) is 0 Å². The zero-order valence-corrected chi connectivity index (χ0v) is 13.5. The van der Waals surface area contributed by atoms with Gasteiger partial charge in [0.1, 0.15) is 6.11 Å². The molecule has 0 unspecified atom stereocenters. The van der Waals surface area contributed by atoms with Gasteiger partial charge in [-0.15, -0.1) is 0 Å². The van der Waals surface area contributed by atoms with Crippen LogP contribution in [0.2, 0.25) is 0 Å². The highest BCUT2D eigenvalue weighted by Crippen LogP contribution is 2.67. The summed E-state index contributed by atoms with van der Waals surface area (Å²) in [5.41, 5.74) is 0.858. The Bertz CT molecular complexity index is 504. The first-order chi connectivity index (χ1) is 8.58. The van der Waals surface area contributed by atoms with Gasteiger partial charge < -0.3 is 4.52 Å². The lowest BCUT2D eigenvalue weighted by Gasteiger charge is -2.37. The summed E-state index contributed by atoms with van der Waals surface area (Å²) in [5.74, 6) is 2.90. The van der Waals surface area contributed by atoms with Crippen molar-refractivity contribution < 1.29 is 9.09 Å². The monoisotopic (exact) mass is 278 g/mol. The van der Waals surface area contributed by atoms with E-state index in [2.05, 4.69) is 12.0 Å². The third-order valence-corrected chi connectivity index (χ3v) is 6.79. The molecule has 0 fully saturated rings. The van der Waals surface area contributed by atoms with Crippen molar-refractivity contribution in [2.24, 2.45) is 0 Å². The molecule has 0 radical (unpaired) electrons. The van der Waals surface area contributed by atoms with Gasteiger partial charge in [0, 0.05) is 5.56 Å². The molecule has 2 nitrogen and oxygen atoms in total. The van der Waals surface area contributed by atoms with Crippen LogP contribution in [-0.2, 0) is 9.09 Å². The summed E-state index contributed by atoms with van der Waals surface area (Å²) in [6, 6.07) is 9.56. The van der Waals surface area contributed by atoms with E-state index in [1.54, 1.807) is 0 Å². The van der Waals surface area contributed by atoms with Crippen LogP contribution in [0.25, 0.3) is 0 Å². The molecule has 0 saturated carbocycles. The molecule has 0 spiro atoms. The fourth-order valence-corrected chi connectivity index (χ4v) is 4.68. The van der Waals surface area contributed by atoms with E-state index in [1.807, 2.05) is 71.9 Å². The molecule has 0 N–H and O–H groups in total. The van der Waals surface area contributed by atoms with Crippen LogP contribution in [0.1, 0.15) is 47.1 Å². The van der Waals surface area contributed by atoms with Crippen LogP contribution in [0.15, 0.2) is 30.3 Å². The molecule has 1 rings (SSSR count). The van der Waals surface area contributed by atoms with Crippen molar-refractivity contribution >= 4 is 7.37 Å². The minimum absolute atomic E-state index is 0.434. The number of hydrogen-bond donors (Lipinski definition) is 0. The summed E-state index contributed by atoms with van der Waals surface area (Å²) < 4.78 is 18.7. The lowest BCUT2D eigenvalue weighted by atomic mass is 10.2. The van der Waals surface area contributed by atoms with Crippen LogP contribution in [0.5, 0.6) is 0 Å². The Labute approximate surface area is 117 Å². The molecule has 0 bridgehead atoms. The Hall–Kier alpha value is -1.19. The van der Waals surface area contributed by atoms with E-state index in [4.69, 9.17) is 4.52 Å². The van der Waals surface area contributed by atoms with Gasteiger partial charge in [-0.1, -0.05) is 18.2 Å². The average molecular weight is 278 g/mol. The molecule has 0 aromatic heterocycles. The Morgan fingerprint density at radius 1 is 0.947 bits per heavy atom. The first kappa shape index (κ1) is 15.9. The van der Waals surface area contributed by atoms with E-state index < -0.39 is 17.7 Å². The Kier molecular flexibility index (Phi) is 4.54. The van der Waals surface area contributed by atoms with Gasteiger partial charge in [-0.3, -0.25) is 4.57 Å². The van der Waals surface area contributed by atoms with Gasteiger partial charge in [-0.2, -0.15) is 0 Å². The number of benzene rings is 1. The summed E-state index contributed by atoms with van der Waals surface area (Å²) in [6.45, 7) is 11.6.